The number of ether oxygens (including phenoxy) is 1. The zero-order valence-electron chi connectivity index (χ0n) is 7.23. The molecule has 0 aliphatic heterocycles. The van der Waals surface area contributed by atoms with Gasteiger partial charge in [-0.3, -0.25) is 4.98 Å². The Hall–Kier alpha value is -1.57. The summed E-state index contributed by atoms with van der Waals surface area (Å²) in [5.41, 5.74) is 0. The average Bonchev–Trinajstić information content (AvgIpc) is 2.19. The minimum Gasteiger partial charge on any atom is -0.493 e. The zero-order chi connectivity index (χ0) is 9.10. The number of hydrogen-bond acceptors (Lipinski definition) is 2. The van der Waals surface area contributed by atoms with Gasteiger partial charge < -0.3 is 4.74 Å². The van der Waals surface area contributed by atoms with E-state index in [-0.39, 0.29) is 0 Å². The Bertz CT molecular complexity index is 406. The maximum absolute atomic E-state index is 5.38. The second-order valence-corrected chi connectivity index (χ2v) is 2.70. The summed E-state index contributed by atoms with van der Waals surface area (Å²) in [6.45, 7) is 4.10. The van der Waals surface area contributed by atoms with Crippen molar-refractivity contribution < 1.29 is 4.74 Å². The van der Waals surface area contributed by atoms with Crippen molar-refractivity contribution in [3.63, 3.8) is 0 Å². The van der Waals surface area contributed by atoms with Gasteiger partial charge in [-0.1, -0.05) is 12.1 Å². The summed E-state index contributed by atoms with van der Waals surface area (Å²) in [7, 11) is 0. The van der Waals surface area contributed by atoms with Crippen LogP contribution in [0, 0.1) is 6.92 Å². The second kappa shape index (κ2) is 3.44. The van der Waals surface area contributed by atoms with Crippen molar-refractivity contribution in [1.82, 2.24) is 4.98 Å². The van der Waals surface area contributed by atoms with Crippen LogP contribution >= 0.6 is 0 Å². The van der Waals surface area contributed by atoms with Crippen molar-refractivity contribution in [3.05, 3.63) is 43.6 Å². The lowest BCUT2D eigenvalue weighted by Crippen LogP contribution is -1.92. The standard InChI is InChI=1S/C11H10NO/c1-2-13-11-5-3-4-9-8-12-7-6-10(9)11/h3-8H,1-2H2. The van der Waals surface area contributed by atoms with E-state index in [4.69, 9.17) is 4.74 Å². The van der Waals surface area contributed by atoms with Gasteiger partial charge in [0.2, 0.25) is 0 Å². The van der Waals surface area contributed by atoms with E-state index < -0.39 is 0 Å². The minimum absolute atomic E-state index is 0.446. The van der Waals surface area contributed by atoms with Gasteiger partial charge in [0.05, 0.1) is 6.61 Å². The largest absolute Gasteiger partial charge is 0.493 e. The molecule has 0 amide bonds. The van der Waals surface area contributed by atoms with Crippen LogP contribution in [0.15, 0.2) is 36.7 Å². The molecular weight excluding hydrogens is 162 g/mol. The maximum Gasteiger partial charge on any atom is 0.127 e. The third kappa shape index (κ3) is 1.47. The number of hydrogen-bond donors (Lipinski definition) is 0. The first-order valence-electron chi connectivity index (χ1n) is 4.16. The van der Waals surface area contributed by atoms with Crippen LogP contribution in [0.3, 0.4) is 0 Å². The average molecular weight is 172 g/mol. The van der Waals surface area contributed by atoms with E-state index in [1.807, 2.05) is 30.5 Å². The van der Waals surface area contributed by atoms with E-state index in [1.165, 1.54) is 0 Å². The van der Waals surface area contributed by atoms with Gasteiger partial charge >= 0.3 is 0 Å². The number of fused-ring (bicyclic) bond motifs is 1. The van der Waals surface area contributed by atoms with E-state index in [1.54, 1.807) is 6.20 Å². The van der Waals surface area contributed by atoms with Gasteiger partial charge in [-0.15, -0.1) is 0 Å². The number of pyridine rings is 1. The molecular formula is C11H10NO. The first kappa shape index (κ1) is 8.05. The lowest BCUT2D eigenvalue weighted by atomic mass is 10.1. The highest BCUT2D eigenvalue weighted by atomic mass is 16.5. The van der Waals surface area contributed by atoms with E-state index in [0.717, 1.165) is 16.5 Å². The predicted octanol–water partition coefficient (Wildman–Crippen LogP) is 2.45. The molecule has 13 heavy (non-hydrogen) atoms. The lowest BCUT2D eigenvalue weighted by Gasteiger charge is -2.05. The Kier molecular flexibility index (Phi) is 2.13. The van der Waals surface area contributed by atoms with E-state index in [2.05, 4.69) is 11.9 Å². The molecule has 2 nitrogen and oxygen atoms in total. The van der Waals surface area contributed by atoms with Crippen LogP contribution in [0.1, 0.15) is 0 Å². The quantitative estimate of drug-likeness (QED) is 0.694. The Labute approximate surface area is 77.2 Å². The molecule has 2 aromatic rings. The van der Waals surface area contributed by atoms with Crippen molar-refractivity contribution >= 4 is 10.8 Å². The van der Waals surface area contributed by atoms with Gasteiger partial charge in [-0.05, 0) is 19.1 Å². The molecule has 0 bridgehead atoms. The van der Waals surface area contributed by atoms with Crippen LogP contribution in [-0.2, 0) is 0 Å². The molecule has 1 aromatic carbocycles. The van der Waals surface area contributed by atoms with Crippen LogP contribution in [0.25, 0.3) is 10.8 Å². The number of aromatic nitrogens is 1. The van der Waals surface area contributed by atoms with Crippen molar-refractivity contribution in [2.75, 3.05) is 6.61 Å². The van der Waals surface area contributed by atoms with Gasteiger partial charge in [0.25, 0.3) is 0 Å². The van der Waals surface area contributed by atoms with Crippen LogP contribution in [-0.4, -0.2) is 11.6 Å². The molecule has 0 atom stereocenters. The molecule has 2 rings (SSSR count). The highest BCUT2D eigenvalue weighted by Crippen LogP contribution is 2.23. The Morgan fingerprint density at radius 1 is 1.31 bits per heavy atom. The monoisotopic (exact) mass is 172 g/mol. The first-order chi connectivity index (χ1) is 6.42. The SMILES string of the molecule is [CH2]COc1cccc2cnccc12. The van der Waals surface area contributed by atoms with Crippen molar-refractivity contribution in [3.8, 4) is 5.75 Å². The van der Waals surface area contributed by atoms with Crippen LogP contribution in [0.2, 0.25) is 0 Å². The summed E-state index contributed by atoms with van der Waals surface area (Å²) in [5, 5.41) is 2.18. The lowest BCUT2D eigenvalue weighted by molar-refractivity contribution is 0.365. The Balaban J connectivity index is 2.61. The normalized spacial score (nSPS) is 10.2. The van der Waals surface area contributed by atoms with E-state index >= 15 is 0 Å². The minimum atomic E-state index is 0.446. The molecule has 1 aromatic heterocycles. The third-order valence-electron chi connectivity index (χ3n) is 1.90. The third-order valence-corrected chi connectivity index (χ3v) is 1.90. The molecule has 0 spiro atoms. The van der Waals surface area contributed by atoms with E-state index in [0.29, 0.717) is 6.61 Å². The molecule has 65 valence electrons. The predicted molar refractivity (Wildman–Crippen MR) is 52.6 cm³/mol. The van der Waals surface area contributed by atoms with Gasteiger partial charge in [0, 0.05) is 23.2 Å². The number of rotatable bonds is 2. The molecule has 0 aliphatic rings. The summed E-state index contributed by atoms with van der Waals surface area (Å²) in [6, 6.07) is 7.85. The summed E-state index contributed by atoms with van der Waals surface area (Å²) < 4.78 is 5.38. The maximum atomic E-state index is 5.38. The van der Waals surface area contributed by atoms with Crippen molar-refractivity contribution in [1.29, 1.82) is 0 Å². The van der Waals surface area contributed by atoms with Gasteiger partial charge in [0.1, 0.15) is 5.75 Å². The summed E-state index contributed by atoms with van der Waals surface area (Å²) in [4.78, 5) is 4.04. The highest BCUT2D eigenvalue weighted by molar-refractivity contribution is 5.87. The van der Waals surface area contributed by atoms with Crippen LogP contribution in [0.5, 0.6) is 5.75 Å². The van der Waals surface area contributed by atoms with Crippen LogP contribution < -0.4 is 4.74 Å². The molecule has 0 N–H and O–H groups in total. The summed E-state index contributed by atoms with van der Waals surface area (Å²) in [5.74, 6) is 0.870. The molecule has 0 aliphatic carbocycles. The Morgan fingerprint density at radius 2 is 2.23 bits per heavy atom. The van der Waals surface area contributed by atoms with Gasteiger partial charge in [-0.2, -0.15) is 0 Å². The van der Waals surface area contributed by atoms with Crippen molar-refractivity contribution in [2.24, 2.45) is 0 Å². The molecule has 0 unspecified atom stereocenters. The zero-order valence-corrected chi connectivity index (χ0v) is 7.23. The first-order valence-corrected chi connectivity index (χ1v) is 4.16. The van der Waals surface area contributed by atoms with Gasteiger partial charge in [0.15, 0.2) is 0 Å². The van der Waals surface area contributed by atoms with Crippen LogP contribution in [0.4, 0.5) is 0 Å². The second-order valence-electron chi connectivity index (χ2n) is 2.70. The fourth-order valence-corrected chi connectivity index (χ4v) is 1.33. The number of nitrogens with zero attached hydrogens (tertiary/aromatic N) is 1. The van der Waals surface area contributed by atoms with Crippen molar-refractivity contribution in [2.45, 2.75) is 0 Å². The fourth-order valence-electron chi connectivity index (χ4n) is 1.33. The molecule has 1 radical (unpaired) electrons. The molecule has 1 heterocycles. The topological polar surface area (TPSA) is 22.1 Å². The fraction of sp³-hybridized carbons (Fsp3) is 0.0909. The molecule has 0 saturated carbocycles. The van der Waals surface area contributed by atoms with E-state index in [9.17, 15) is 0 Å². The summed E-state index contributed by atoms with van der Waals surface area (Å²) in [6.07, 6.45) is 3.59. The number of benzene rings is 1. The summed E-state index contributed by atoms with van der Waals surface area (Å²) >= 11 is 0. The Morgan fingerprint density at radius 3 is 3.08 bits per heavy atom. The smallest absolute Gasteiger partial charge is 0.127 e. The molecule has 0 saturated heterocycles. The highest BCUT2D eigenvalue weighted by Gasteiger charge is 1.99. The van der Waals surface area contributed by atoms with Gasteiger partial charge in [-0.25, -0.2) is 0 Å². The molecule has 0 fully saturated rings. The molecule has 2 heteroatoms.